The van der Waals surface area contributed by atoms with Gasteiger partial charge in [0.05, 0.1) is 22.3 Å². The highest BCUT2D eigenvalue weighted by atomic mass is 35.5. The van der Waals surface area contributed by atoms with Gasteiger partial charge in [0.25, 0.3) is 0 Å². The molecule has 0 atom stereocenters. The normalized spacial score (nSPS) is 10.2. The second-order valence-electron chi connectivity index (χ2n) is 3.89. The SMILES string of the molecule is N#Cc1ccc(F)cc1CSc1ccc(N)c(Cl)c1. The molecule has 5 heteroatoms. The van der Waals surface area contributed by atoms with E-state index >= 15 is 0 Å². The summed E-state index contributed by atoms with van der Waals surface area (Å²) in [4.78, 5) is 0.923. The Balaban J connectivity index is 2.16. The van der Waals surface area contributed by atoms with Crippen molar-refractivity contribution in [2.75, 3.05) is 5.73 Å². The van der Waals surface area contributed by atoms with Crippen LogP contribution in [0.25, 0.3) is 0 Å². The van der Waals surface area contributed by atoms with Gasteiger partial charge in [0.15, 0.2) is 0 Å². The van der Waals surface area contributed by atoms with Crippen LogP contribution in [-0.4, -0.2) is 0 Å². The molecule has 0 fully saturated rings. The van der Waals surface area contributed by atoms with Crippen molar-refractivity contribution < 1.29 is 4.39 Å². The summed E-state index contributed by atoms with van der Waals surface area (Å²) in [6, 6.07) is 11.5. The lowest BCUT2D eigenvalue weighted by Gasteiger charge is -2.06. The van der Waals surface area contributed by atoms with E-state index in [1.807, 2.05) is 6.07 Å². The summed E-state index contributed by atoms with van der Waals surface area (Å²) in [5.74, 6) is 0.158. The topological polar surface area (TPSA) is 49.8 Å². The molecule has 2 aromatic rings. The van der Waals surface area contributed by atoms with Crippen molar-refractivity contribution in [1.29, 1.82) is 5.26 Å². The molecule has 0 bridgehead atoms. The first-order valence-corrected chi connectivity index (χ1v) is 6.83. The van der Waals surface area contributed by atoms with E-state index in [1.165, 1.54) is 30.0 Å². The summed E-state index contributed by atoms with van der Waals surface area (Å²) in [7, 11) is 0. The standard InChI is InChI=1S/C14H10ClFN2S/c15-13-6-12(3-4-14(13)18)19-8-10-5-11(16)2-1-9(10)7-17/h1-6H,8,18H2. The van der Waals surface area contributed by atoms with E-state index in [0.29, 0.717) is 27.6 Å². The fourth-order valence-corrected chi connectivity index (χ4v) is 2.72. The summed E-state index contributed by atoms with van der Waals surface area (Å²) in [5.41, 5.74) is 7.30. The molecule has 0 unspecified atom stereocenters. The van der Waals surface area contributed by atoms with Gasteiger partial charge in [-0.2, -0.15) is 5.26 Å². The zero-order valence-electron chi connectivity index (χ0n) is 9.86. The molecule has 96 valence electrons. The third-order valence-electron chi connectivity index (χ3n) is 2.55. The smallest absolute Gasteiger partial charge is 0.123 e. The summed E-state index contributed by atoms with van der Waals surface area (Å²) >= 11 is 7.41. The minimum atomic E-state index is -0.343. The van der Waals surface area contributed by atoms with Crippen molar-refractivity contribution in [2.45, 2.75) is 10.6 Å². The Morgan fingerprint density at radius 2 is 2.05 bits per heavy atom. The number of anilines is 1. The summed E-state index contributed by atoms with van der Waals surface area (Å²) in [6.45, 7) is 0. The third kappa shape index (κ3) is 3.40. The van der Waals surface area contributed by atoms with Crippen molar-refractivity contribution in [3.8, 4) is 6.07 Å². The van der Waals surface area contributed by atoms with Gasteiger partial charge in [-0.3, -0.25) is 0 Å². The van der Waals surface area contributed by atoms with Crippen LogP contribution in [0.4, 0.5) is 10.1 Å². The first kappa shape index (κ1) is 13.7. The molecular formula is C14H10ClFN2S. The van der Waals surface area contributed by atoms with Gasteiger partial charge < -0.3 is 5.73 Å². The molecule has 0 aliphatic rings. The lowest BCUT2D eigenvalue weighted by molar-refractivity contribution is 0.626. The first-order valence-electron chi connectivity index (χ1n) is 5.46. The minimum absolute atomic E-state index is 0.343. The molecule has 0 spiro atoms. The van der Waals surface area contributed by atoms with Crippen molar-refractivity contribution in [1.82, 2.24) is 0 Å². The molecule has 0 aliphatic carbocycles. The van der Waals surface area contributed by atoms with Crippen LogP contribution in [0.1, 0.15) is 11.1 Å². The Labute approximate surface area is 120 Å². The molecule has 19 heavy (non-hydrogen) atoms. The molecule has 2 nitrogen and oxygen atoms in total. The maximum Gasteiger partial charge on any atom is 0.123 e. The van der Waals surface area contributed by atoms with Crippen LogP contribution in [-0.2, 0) is 5.75 Å². The molecule has 0 saturated carbocycles. The van der Waals surface area contributed by atoms with Gasteiger partial charge in [-0.05, 0) is 42.0 Å². The maximum absolute atomic E-state index is 13.2. The van der Waals surface area contributed by atoms with E-state index in [0.717, 1.165) is 4.90 Å². The van der Waals surface area contributed by atoms with Gasteiger partial charge in [0, 0.05) is 10.6 Å². The average molecular weight is 293 g/mol. The Bertz CT molecular complexity index is 652. The number of nitriles is 1. The molecule has 0 aromatic heterocycles. The Morgan fingerprint density at radius 1 is 1.26 bits per heavy atom. The molecule has 0 heterocycles. The molecule has 0 radical (unpaired) electrons. The largest absolute Gasteiger partial charge is 0.398 e. The van der Waals surface area contributed by atoms with E-state index < -0.39 is 0 Å². The van der Waals surface area contributed by atoms with Crippen molar-refractivity contribution in [3.05, 3.63) is 58.4 Å². The monoisotopic (exact) mass is 292 g/mol. The highest BCUT2D eigenvalue weighted by Gasteiger charge is 2.06. The van der Waals surface area contributed by atoms with E-state index in [-0.39, 0.29) is 5.82 Å². The number of nitrogen functional groups attached to an aromatic ring is 1. The number of halogens is 2. The number of hydrogen-bond donors (Lipinski definition) is 1. The average Bonchev–Trinajstić information content (AvgIpc) is 2.40. The number of thioether (sulfide) groups is 1. The second kappa shape index (κ2) is 5.96. The summed E-state index contributed by atoms with van der Waals surface area (Å²) in [5, 5.41) is 9.46. The van der Waals surface area contributed by atoms with Crippen LogP contribution in [0, 0.1) is 17.1 Å². The zero-order valence-corrected chi connectivity index (χ0v) is 11.4. The van der Waals surface area contributed by atoms with Gasteiger partial charge in [0.1, 0.15) is 5.82 Å². The lowest BCUT2D eigenvalue weighted by Crippen LogP contribution is -1.90. The van der Waals surface area contributed by atoms with Gasteiger partial charge in [-0.1, -0.05) is 11.6 Å². The molecule has 2 N–H and O–H groups in total. The van der Waals surface area contributed by atoms with E-state index in [1.54, 1.807) is 12.1 Å². The Kier molecular flexibility index (Phi) is 4.31. The van der Waals surface area contributed by atoms with Gasteiger partial charge in [-0.15, -0.1) is 11.8 Å². The fraction of sp³-hybridized carbons (Fsp3) is 0.0714. The van der Waals surface area contributed by atoms with Crippen LogP contribution in [0.15, 0.2) is 41.3 Å². The third-order valence-corrected chi connectivity index (χ3v) is 3.92. The van der Waals surface area contributed by atoms with E-state index in [9.17, 15) is 4.39 Å². The predicted molar refractivity (Wildman–Crippen MR) is 76.5 cm³/mol. The van der Waals surface area contributed by atoms with E-state index in [4.69, 9.17) is 22.6 Å². The quantitative estimate of drug-likeness (QED) is 0.680. The Morgan fingerprint density at radius 3 is 2.74 bits per heavy atom. The van der Waals surface area contributed by atoms with Crippen LogP contribution < -0.4 is 5.73 Å². The second-order valence-corrected chi connectivity index (χ2v) is 5.34. The molecule has 0 saturated heterocycles. The highest BCUT2D eigenvalue weighted by molar-refractivity contribution is 7.98. The molecule has 2 rings (SSSR count). The molecular weight excluding hydrogens is 283 g/mol. The molecule has 0 aliphatic heterocycles. The van der Waals surface area contributed by atoms with Crippen LogP contribution in [0.3, 0.4) is 0 Å². The van der Waals surface area contributed by atoms with Crippen LogP contribution in [0.5, 0.6) is 0 Å². The maximum atomic E-state index is 13.2. The predicted octanol–water partition coefficient (Wildman–Crippen LogP) is 4.23. The van der Waals surface area contributed by atoms with Crippen LogP contribution in [0.2, 0.25) is 5.02 Å². The number of benzene rings is 2. The number of nitrogens with zero attached hydrogens (tertiary/aromatic N) is 1. The van der Waals surface area contributed by atoms with Gasteiger partial charge >= 0.3 is 0 Å². The molecule has 2 aromatic carbocycles. The minimum Gasteiger partial charge on any atom is -0.398 e. The number of rotatable bonds is 3. The van der Waals surface area contributed by atoms with Gasteiger partial charge in [-0.25, -0.2) is 4.39 Å². The van der Waals surface area contributed by atoms with Gasteiger partial charge in [0.2, 0.25) is 0 Å². The van der Waals surface area contributed by atoms with Crippen LogP contribution >= 0.6 is 23.4 Å². The number of nitrogens with two attached hydrogens (primary N) is 1. The summed E-state index contributed by atoms with van der Waals surface area (Å²) < 4.78 is 13.2. The van der Waals surface area contributed by atoms with Crippen molar-refractivity contribution in [2.24, 2.45) is 0 Å². The van der Waals surface area contributed by atoms with Crippen molar-refractivity contribution in [3.63, 3.8) is 0 Å². The number of hydrogen-bond acceptors (Lipinski definition) is 3. The van der Waals surface area contributed by atoms with Crippen molar-refractivity contribution >= 4 is 29.1 Å². The fourth-order valence-electron chi connectivity index (χ4n) is 1.55. The van der Waals surface area contributed by atoms with E-state index in [2.05, 4.69) is 6.07 Å². The molecule has 0 amide bonds. The zero-order chi connectivity index (χ0) is 13.8. The highest BCUT2D eigenvalue weighted by Crippen LogP contribution is 2.29. The lowest BCUT2D eigenvalue weighted by atomic mass is 10.1. The summed E-state index contributed by atoms with van der Waals surface area (Å²) in [6.07, 6.45) is 0. The first-order chi connectivity index (χ1) is 9.10. The Hall–Kier alpha value is -1.70.